The molecule has 2 aliphatic rings. The summed E-state index contributed by atoms with van der Waals surface area (Å²) < 4.78 is 27.4. The van der Waals surface area contributed by atoms with Gasteiger partial charge in [-0.25, -0.2) is 12.7 Å². The van der Waals surface area contributed by atoms with Gasteiger partial charge in [-0.1, -0.05) is 18.2 Å². The third-order valence-electron chi connectivity index (χ3n) is 5.23. The number of rotatable bonds is 6. The van der Waals surface area contributed by atoms with E-state index in [4.69, 9.17) is 0 Å². The average molecular weight is 409 g/mol. The summed E-state index contributed by atoms with van der Waals surface area (Å²) in [5.41, 5.74) is 0.578. The summed E-state index contributed by atoms with van der Waals surface area (Å²) in [5.74, 6) is -0.163. The van der Waals surface area contributed by atoms with Gasteiger partial charge in [0, 0.05) is 44.8 Å². The molecule has 1 aromatic rings. The fraction of sp³-hybridized carbons (Fsp3) is 0.579. The van der Waals surface area contributed by atoms with Gasteiger partial charge in [0.1, 0.15) is 5.25 Å². The van der Waals surface area contributed by atoms with E-state index in [9.17, 15) is 18.0 Å². The maximum absolute atomic E-state index is 12.9. The van der Waals surface area contributed by atoms with Crippen molar-refractivity contribution in [3.8, 4) is 0 Å². The molecule has 1 aromatic carbocycles. The molecule has 2 aliphatic heterocycles. The Kier molecular flexibility index (Phi) is 6.69. The molecule has 2 amide bonds. The van der Waals surface area contributed by atoms with Crippen molar-refractivity contribution < 1.29 is 18.0 Å². The van der Waals surface area contributed by atoms with Crippen LogP contribution in [0.15, 0.2) is 30.3 Å². The van der Waals surface area contributed by atoms with Crippen molar-refractivity contribution >= 4 is 21.8 Å². The van der Waals surface area contributed by atoms with Crippen LogP contribution in [0.3, 0.4) is 0 Å². The zero-order valence-electron chi connectivity index (χ0n) is 16.2. The molecule has 0 spiro atoms. The van der Waals surface area contributed by atoms with E-state index in [0.29, 0.717) is 51.3 Å². The number of likely N-dealkylation sites (N-methyl/N-ethyl adjacent to an activating group) is 1. The van der Waals surface area contributed by atoms with Crippen molar-refractivity contribution in [1.29, 1.82) is 0 Å². The average Bonchev–Trinajstić information content (AvgIpc) is 2.87. The van der Waals surface area contributed by atoms with Gasteiger partial charge in [0.15, 0.2) is 0 Å². The maximum Gasteiger partial charge on any atom is 0.253 e. The number of amides is 2. The van der Waals surface area contributed by atoms with Crippen LogP contribution >= 0.6 is 0 Å². The second kappa shape index (κ2) is 9.02. The minimum Gasteiger partial charge on any atom is -0.355 e. The molecule has 154 valence electrons. The number of likely N-dealkylation sites (tertiary alicyclic amines) is 1. The van der Waals surface area contributed by atoms with E-state index in [2.05, 4.69) is 5.32 Å². The quantitative estimate of drug-likeness (QED) is 0.715. The van der Waals surface area contributed by atoms with Gasteiger partial charge in [-0.05, 0) is 32.0 Å². The lowest BCUT2D eigenvalue weighted by atomic mass is 10.1. The van der Waals surface area contributed by atoms with Gasteiger partial charge < -0.3 is 10.2 Å². The van der Waals surface area contributed by atoms with E-state index in [0.717, 1.165) is 0 Å². The summed E-state index contributed by atoms with van der Waals surface area (Å²) in [4.78, 5) is 27.7. The van der Waals surface area contributed by atoms with Gasteiger partial charge in [0.05, 0.1) is 6.54 Å². The minimum atomic E-state index is -3.45. The van der Waals surface area contributed by atoms with E-state index in [1.165, 1.54) is 4.31 Å². The van der Waals surface area contributed by atoms with Crippen LogP contribution in [0.25, 0.3) is 0 Å². The van der Waals surface area contributed by atoms with Crippen molar-refractivity contribution in [2.24, 2.45) is 0 Å². The fourth-order valence-corrected chi connectivity index (χ4v) is 5.46. The fourth-order valence-electron chi connectivity index (χ4n) is 3.58. The molecular formula is C19H28N4O4S. The first-order chi connectivity index (χ1) is 13.4. The first-order valence-electron chi connectivity index (χ1n) is 9.74. The van der Waals surface area contributed by atoms with Crippen LogP contribution in [0.2, 0.25) is 0 Å². The first-order valence-corrected chi connectivity index (χ1v) is 11.2. The van der Waals surface area contributed by atoms with Crippen molar-refractivity contribution in [3.63, 3.8) is 0 Å². The number of sulfonamides is 1. The predicted octanol–water partition coefficient (Wildman–Crippen LogP) is -0.0154. The van der Waals surface area contributed by atoms with E-state index in [1.807, 2.05) is 17.9 Å². The molecule has 2 fully saturated rings. The van der Waals surface area contributed by atoms with Crippen molar-refractivity contribution in [2.45, 2.75) is 18.6 Å². The summed E-state index contributed by atoms with van der Waals surface area (Å²) in [5, 5.41) is 2.22. The summed E-state index contributed by atoms with van der Waals surface area (Å²) in [7, 11) is -3.45. The SMILES string of the molecule is CCNC(=O)CN1CCCN(S(=O)(=O)C2CN(C(=O)c3ccccc3)C2)CC1. The second-order valence-electron chi connectivity index (χ2n) is 7.23. The summed E-state index contributed by atoms with van der Waals surface area (Å²) in [6, 6.07) is 8.91. The molecule has 0 bridgehead atoms. The van der Waals surface area contributed by atoms with Gasteiger partial charge in [-0.2, -0.15) is 0 Å². The molecule has 0 aromatic heterocycles. The van der Waals surface area contributed by atoms with Crippen LogP contribution in [0.4, 0.5) is 0 Å². The number of nitrogens with one attached hydrogen (secondary N) is 1. The summed E-state index contributed by atoms with van der Waals surface area (Å²) >= 11 is 0. The van der Waals surface area contributed by atoms with Crippen molar-refractivity contribution in [2.75, 3.05) is 52.4 Å². The number of nitrogens with zero attached hydrogens (tertiary/aromatic N) is 3. The highest BCUT2D eigenvalue weighted by molar-refractivity contribution is 7.89. The molecule has 8 nitrogen and oxygen atoms in total. The zero-order valence-corrected chi connectivity index (χ0v) is 17.0. The predicted molar refractivity (Wildman–Crippen MR) is 106 cm³/mol. The standard InChI is InChI=1S/C19H28N4O4S/c1-2-20-18(24)15-21-9-6-10-23(12-11-21)28(26,27)17-13-22(14-17)19(25)16-7-4-3-5-8-16/h3-5,7-8,17H,2,6,9-15H2,1H3,(H,20,24). The third-order valence-corrected chi connectivity index (χ3v) is 7.45. The molecule has 9 heteroatoms. The van der Waals surface area contributed by atoms with Gasteiger partial charge in [0.2, 0.25) is 15.9 Å². The molecular weight excluding hydrogens is 380 g/mol. The lowest BCUT2D eigenvalue weighted by Crippen LogP contribution is -2.60. The largest absolute Gasteiger partial charge is 0.355 e. The molecule has 0 atom stereocenters. The Balaban J connectivity index is 1.53. The van der Waals surface area contributed by atoms with Crippen LogP contribution in [0, 0.1) is 0 Å². The highest BCUT2D eigenvalue weighted by Gasteiger charge is 2.43. The molecule has 3 rings (SSSR count). The Labute approximate surface area is 166 Å². The van der Waals surface area contributed by atoms with Crippen LogP contribution in [-0.4, -0.2) is 91.9 Å². The van der Waals surface area contributed by atoms with E-state index >= 15 is 0 Å². The Morgan fingerprint density at radius 3 is 2.46 bits per heavy atom. The molecule has 28 heavy (non-hydrogen) atoms. The van der Waals surface area contributed by atoms with Crippen LogP contribution in [0.5, 0.6) is 0 Å². The molecule has 0 radical (unpaired) electrons. The Bertz CT molecular complexity index is 793. The number of carbonyl (C=O) groups excluding carboxylic acids is 2. The Morgan fingerprint density at radius 1 is 1.07 bits per heavy atom. The van der Waals surface area contributed by atoms with E-state index in [1.54, 1.807) is 29.2 Å². The van der Waals surface area contributed by atoms with Crippen LogP contribution in [0.1, 0.15) is 23.7 Å². The van der Waals surface area contributed by atoms with E-state index in [-0.39, 0.29) is 24.9 Å². The zero-order chi connectivity index (χ0) is 20.1. The van der Waals surface area contributed by atoms with Crippen LogP contribution in [-0.2, 0) is 14.8 Å². The first kappa shape index (κ1) is 20.8. The lowest BCUT2D eigenvalue weighted by molar-refractivity contribution is -0.122. The maximum atomic E-state index is 12.9. The molecule has 0 unspecified atom stereocenters. The normalized spacial score (nSPS) is 19.7. The Hall–Kier alpha value is -1.97. The van der Waals surface area contributed by atoms with Gasteiger partial charge in [-0.3, -0.25) is 14.5 Å². The van der Waals surface area contributed by atoms with E-state index < -0.39 is 15.3 Å². The minimum absolute atomic E-state index is 0.0344. The number of benzene rings is 1. The van der Waals surface area contributed by atoms with Gasteiger partial charge >= 0.3 is 0 Å². The molecule has 2 saturated heterocycles. The molecule has 0 aliphatic carbocycles. The van der Waals surface area contributed by atoms with Crippen molar-refractivity contribution in [1.82, 2.24) is 19.4 Å². The Morgan fingerprint density at radius 2 is 1.79 bits per heavy atom. The monoisotopic (exact) mass is 408 g/mol. The molecule has 1 N–H and O–H groups in total. The number of hydrogen-bond donors (Lipinski definition) is 1. The lowest BCUT2D eigenvalue weighted by Gasteiger charge is -2.40. The van der Waals surface area contributed by atoms with Gasteiger partial charge in [0.25, 0.3) is 5.91 Å². The topological polar surface area (TPSA) is 90.0 Å². The number of hydrogen-bond acceptors (Lipinski definition) is 5. The van der Waals surface area contributed by atoms with Gasteiger partial charge in [-0.15, -0.1) is 0 Å². The number of carbonyl (C=O) groups is 2. The second-order valence-corrected chi connectivity index (χ2v) is 9.44. The molecule has 2 heterocycles. The highest BCUT2D eigenvalue weighted by Crippen LogP contribution is 2.23. The third kappa shape index (κ3) is 4.71. The summed E-state index contributed by atoms with van der Waals surface area (Å²) in [6.07, 6.45) is 0.692. The van der Waals surface area contributed by atoms with Crippen molar-refractivity contribution in [3.05, 3.63) is 35.9 Å². The highest BCUT2D eigenvalue weighted by atomic mass is 32.2. The smallest absolute Gasteiger partial charge is 0.253 e. The molecule has 0 saturated carbocycles. The van der Waals surface area contributed by atoms with Crippen LogP contribution < -0.4 is 5.32 Å². The summed E-state index contributed by atoms with van der Waals surface area (Å²) in [6.45, 7) is 5.30.